The van der Waals surface area contributed by atoms with Gasteiger partial charge in [-0.25, -0.2) is 8.42 Å². The van der Waals surface area contributed by atoms with Crippen LogP contribution in [0.15, 0.2) is 29.4 Å². The number of aromatic nitrogens is 1. The third-order valence-corrected chi connectivity index (χ3v) is 5.16. The lowest BCUT2D eigenvalue weighted by Gasteiger charge is -2.18. The molecule has 21 heavy (non-hydrogen) atoms. The van der Waals surface area contributed by atoms with Gasteiger partial charge < -0.3 is 5.73 Å². The molecule has 1 amide bonds. The molecule has 2 N–H and O–H groups in total. The first-order valence-electron chi connectivity index (χ1n) is 5.90. The Morgan fingerprint density at radius 2 is 2.05 bits per heavy atom. The highest BCUT2D eigenvalue weighted by molar-refractivity contribution is 7.89. The van der Waals surface area contributed by atoms with Gasteiger partial charge in [-0.05, 0) is 12.1 Å². The lowest BCUT2D eigenvalue weighted by atomic mass is 9.95. The first kappa shape index (κ1) is 15.7. The van der Waals surface area contributed by atoms with Crippen LogP contribution in [-0.2, 0) is 14.8 Å². The minimum Gasteiger partial charge on any atom is -0.369 e. The molecule has 1 fully saturated rings. The number of pyridine rings is 1. The molecule has 1 aromatic rings. The molecule has 1 saturated heterocycles. The maximum Gasteiger partial charge on any atom is 0.393 e. The van der Waals surface area contributed by atoms with Crippen molar-refractivity contribution in [3.05, 3.63) is 24.5 Å². The summed E-state index contributed by atoms with van der Waals surface area (Å²) < 4.78 is 63.8. The van der Waals surface area contributed by atoms with E-state index < -0.39 is 47.0 Å². The SMILES string of the molecule is NC(=O)[C@@H]1CN(S(=O)(=O)c2cccnc2)C[C@H]1C(F)(F)F. The summed E-state index contributed by atoms with van der Waals surface area (Å²) in [7, 11) is -4.14. The predicted octanol–water partition coefficient (Wildman–Crippen LogP) is 0.366. The lowest BCUT2D eigenvalue weighted by molar-refractivity contribution is -0.182. The van der Waals surface area contributed by atoms with Crippen LogP contribution in [-0.4, -0.2) is 42.9 Å². The summed E-state index contributed by atoms with van der Waals surface area (Å²) in [6.45, 7) is -1.41. The van der Waals surface area contributed by atoms with Gasteiger partial charge in [0.05, 0.1) is 11.8 Å². The number of halogens is 3. The fraction of sp³-hybridized carbons (Fsp3) is 0.455. The molecular formula is C11H12F3N3O3S. The Morgan fingerprint density at radius 3 is 2.48 bits per heavy atom. The Bertz CT molecular complexity index is 633. The van der Waals surface area contributed by atoms with E-state index >= 15 is 0 Å². The number of alkyl halides is 3. The largest absolute Gasteiger partial charge is 0.393 e. The van der Waals surface area contributed by atoms with E-state index in [4.69, 9.17) is 5.73 Å². The van der Waals surface area contributed by atoms with Crippen LogP contribution in [0.3, 0.4) is 0 Å². The van der Waals surface area contributed by atoms with Gasteiger partial charge in [-0.2, -0.15) is 17.5 Å². The van der Waals surface area contributed by atoms with Gasteiger partial charge in [-0.1, -0.05) is 0 Å². The van der Waals surface area contributed by atoms with E-state index in [1.807, 2.05) is 0 Å². The van der Waals surface area contributed by atoms with E-state index in [-0.39, 0.29) is 4.90 Å². The summed E-state index contributed by atoms with van der Waals surface area (Å²) in [4.78, 5) is 14.6. The minimum atomic E-state index is -4.70. The Balaban J connectivity index is 2.33. The van der Waals surface area contributed by atoms with Crippen LogP contribution < -0.4 is 5.73 Å². The van der Waals surface area contributed by atoms with Crippen molar-refractivity contribution < 1.29 is 26.4 Å². The van der Waals surface area contributed by atoms with E-state index in [1.165, 1.54) is 18.3 Å². The predicted molar refractivity (Wildman–Crippen MR) is 65.2 cm³/mol. The fourth-order valence-electron chi connectivity index (χ4n) is 2.23. The van der Waals surface area contributed by atoms with Gasteiger partial charge >= 0.3 is 6.18 Å². The van der Waals surface area contributed by atoms with Gasteiger partial charge in [-0.3, -0.25) is 9.78 Å². The fourth-order valence-corrected chi connectivity index (χ4v) is 3.69. The van der Waals surface area contributed by atoms with Crippen LogP contribution in [0.1, 0.15) is 0 Å². The molecule has 0 saturated carbocycles. The van der Waals surface area contributed by atoms with Crippen molar-refractivity contribution in [2.75, 3.05) is 13.1 Å². The van der Waals surface area contributed by atoms with Crippen LogP contribution >= 0.6 is 0 Å². The molecule has 2 heterocycles. The number of hydrogen-bond acceptors (Lipinski definition) is 4. The van der Waals surface area contributed by atoms with Crippen LogP contribution in [0.4, 0.5) is 13.2 Å². The molecular weight excluding hydrogens is 311 g/mol. The summed E-state index contributed by atoms with van der Waals surface area (Å²) in [6.07, 6.45) is -2.32. The van der Waals surface area contributed by atoms with Gasteiger partial charge in [0, 0.05) is 25.5 Å². The van der Waals surface area contributed by atoms with Gasteiger partial charge in [0.1, 0.15) is 4.90 Å². The van der Waals surface area contributed by atoms with Crippen LogP contribution in [0.25, 0.3) is 0 Å². The summed E-state index contributed by atoms with van der Waals surface area (Å²) in [5, 5.41) is 0. The molecule has 0 spiro atoms. The quantitative estimate of drug-likeness (QED) is 0.869. The third-order valence-electron chi connectivity index (χ3n) is 3.34. The average Bonchev–Trinajstić information content (AvgIpc) is 2.85. The maximum atomic E-state index is 12.9. The summed E-state index contributed by atoms with van der Waals surface area (Å²) in [5.41, 5.74) is 4.96. The Hall–Kier alpha value is -1.68. The maximum absolute atomic E-state index is 12.9. The molecule has 1 aromatic heterocycles. The van der Waals surface area contributed by atoms with E-state index in [0.29, 0.717) is 4.31 Å². The molecule has 0 aliphatic carbocycles. The molecule has 6 nitrogen and oxygen atoms in total. The number of carbonyl (C=O) groups excluding carboxylic acids is 1. The summed E-state index contributed by atoms with van der Waals surface area (Å²) in [5.74, 6) is -4.85. The second kappa shape index (κ2) is 5.26. The molecule has 116 valence electrons. The van der Waals surface area contributed by atoms with E-state index in [0.717, 1.165) is 6.20 Å². The summed E-state index contributed by atoms with van der Waals surface area (Å²) in [6, 6.07) is 2.58. The second-order valence-corrected chi connectivity index (χ2v) is 6.61. The van der Waals surface area contributed by atoms with Crippen molar-refractivity contribution in [2.24, 2.45) is 17.6 Å². The molecule has 0 aromatic carbocycles. The number of primary amides is 1. The highest BCUT2D eigenvalue weighted by Gasteiger charge is 2.54. The number of sulfonamides is 1. The molecule has 0 radical (unpaired) electrons. The molecule has 0 unspecified atom stereocenters. The zero-order chi connectivity index (χ0) is 15.8. The number of nitrogens with zero attached hydrogens (tertiary/aromatic N) is 2. The molecule has 2 rings (SSSR count). The van der Waals surface area contributed by atoms with Crippen LogP contribution in [0.5, 0.6) is 0 Å². The first-order chi connectivity index (χ1) is 9.64. The number of rotatable bonds is 3. The van der Waals surface area contributed by atoms with Crippen molar-refractivity contribution in [3.8, 4) is 0 Å². The highest BCUT2D eigenvalue weighted by Crippen LogP contribution is 2.39. The average molecular weight is 323 g/mol. The Morgan fingerprint density at radius 1 is 1.38 bits per heavy atom. The minimum absolute atomic E-state index is 0.226. The van der Waals surface area contributed by atoms with Gasteiger partial charge in [0.2, 0.25) is 15.9 Å². The Kier molecular flexibility index (Phi) is 3.93. The van der Waals surface area contributed by atoms with Crippen molar-refractivity contribution in [3.63, 3.8) is 0 Å². The molecule has 1 aliphatic rings. The summed E-state index contributed by atoms with van der Waals surface area (Å²) >= 11 is 0. The van der Waals surface area contributed by atoms with Gasteiger partial charge in [0.15, 0.2) is 0 Å². The number of amides is 1. The molecule has 0 bridgehead atoms. The smallest absolute Gasteiger partial charge is 0.369 e. The molecule has 1 aliphatic heterocycles. The zero-order valence-corrected chi connectivity index (χ0v) is 11.4. The molecule has 2 atom stereocenters. The van der Waals surface area contributed by atoms with E-state index in [2.05, 4.69) is 4.98 Å². The van der Waals surface area contributed by atoms with E-state index in [9.17, 15) is 26.4 Å². The topological polar surface area (TPSA) is 93.4 Å². The lowest BCUT2D eigenvalue weighted by Crippen LogP contribution is -2.37. The molecule has 10 heteroatoms. The van der Waals surface area contributed by atoms with Crippen molar-refractivity contribution in [1.82, 2.24) is 9.29 Å². The van der Waals surface area contributed by atoms with Crippen LogP contribution in [0.2, 0.25) is 0 Å². The number of nitrogens with two attached hydrogens (primary N) is 1. The first-order valence-corrected chi connectivity index (χ1v) is 7.34. The van der Waals surface area contributed by atoms with E-state index in [1.54, 1.807) is 0 Å². The monoisotopic (exact) mass is 323 g/mol. The highest BCUT2D eigenvalue weighted by atomic mass is 32.2. The third kappa shape index (κ3) is 3.00. The normalized spacial score (nSPS) is 24.1. The Labute approximate surface area is 118 Å². The number of carbonyl (C=O) groups is 1. The standard InChI is InChI=1S/C11H12F3N3O3S/c12-11(13,14)9-6-17(5-8(9)10(15)18)21(19,20)7-2-1-3-16-4-7/h1-4,8-9H,5-6H2,(H2,15,18)/t8-,9-/m1/s1. The van der Waals surface area contributed by atoms with Crippen molar-refractivity contribution in [1.29, 1.82) is 0 Å². The van der Waals surface area contributed by atoms with Gasteiger partial charge in [-0.15, -0.1) is 0 Å². The van der Waals surface area contributed by atoms with Gasteiger partial charge in [0.25, 0.3) is 0 Å². The second-order valence-electron chi connectivity index (χ2n) is 4.67. The zero-order valence-electron chi connectivity index (χ0n) is 10.6. The van der Waals surface area contributed by atoms with Crippen LogP contribution in [0, 0.1) is 11.8 Å². The number of hydrogen-bond donors (Lipinski definition) is 1. The van der Waals surface area contributed by atoms with Crippen molar-refractivity contribution in [2.45, 2.75) is 11.1 Å². The van der Waals surface area contributed by atoms with Crippen molar-refractivity contribution >= 4 is 15.9 Å².